The molecule has 0 aliphatic heterocycles. The first-order valence-electron chi connectivity index (χ1n) is 4.33. The molecule has 0 bridgehead atoms. The summed E-state index contributed by atoms with van der Waals surface area (Å²) in [5.41, 5.74) is 5.74. The van der Waals surface area contributed by atoms with Crippen LogP contribution in [0.5, 0.6) is 5.75 Å². The van der Waals surface area contributed by atoms with E-state index >= 15 is 0 Å². The van der Waals surface area contributed by atoms with Crippen molar-refractivity contribution in [3.05, 3.63) is 29.3 Å². The van der Waals surface area contributed by atoms with Gasteiger partial charge in [0.05, 0.1) is 7.11 Å². The molecule has 0 radical (unpaired) electrons. The molecule has 16 heavy (non-hydrogen) atoms. The lowest BCUT2D eigenvalue weighted by molar-refractivity contribution is -0.149. The van der Waals surface area contributed by atoms with Gasteiger partial charge in [-0.15, -0.1) is 12.4 Å². The highest BCUT2D eigenvalue weighted by Gasteiger charge is 2.37. The smallest absolute Gasteiger partial charge is 0.407 e. The van der Waals surface area contributed by atoms with E-state index in [9.17, 15) is 13.2 Å². The Morgan fingerprint density at radius 1 is 1.31 bits per heavy atom. The van der Waals surface area contributed by atoms with Crippen molar-refractivity contribution in [2.24, 2.45) is 5.73 Å². The maximum Gasteiger partial charge on any atom is 0.407 e. The molecule has 0 aliphatic rings. The van der Waals surface area contributed by atoms with E-state index in [1.807, 2.05) is 0 Å². The van der Waals surface area contributed by atoms with E-state index in [0.29, 0.717) is 11.3 Å². The minimum Gasteiger partial charge on any atom is -0.496 e. The van der Waals surface area contributed by atoms with Crippen LogP contribution in [-0.2, 0) is 0 Å². The molecule has 1 rings (SSSR count). The van der Waals surface area contributed by atoms with Crippen LogP contribution < -0.4 is 10.5 Å². The Morgan fingerprint density at radius 3 is 2.25 bits per heavy atom. The van der Waals surface area contributed by atoms with Gasteiger partial charge in [-0.2, -0.15) is 13.2 Å². The highest BCUT2D eigenvalue weighted by molar-refractivity contribution is 5.85. The molecule has 1 atom stereocenters. The second kappa shape index (κ2) is 5.41. The third kappa shape index (κ3) is 3.28. The Bertz CT molecular complexity index is 354. The number of methoxy groups -OCH3 is 1. The maximum absolute atomic E-state index is 12.3. The van der Waals surface area contributed by atoms with E-state index in [1.165, 1.54) is 25.3 Å². The molecule has 0 fully saturated rings. The molecule has 0 amide bonds. The minimum atomic E-state index is -4.42. The molecule has 0 saturated carbocycles. The van der Waals surface area contributed by atoms with E-state index in [0.717, 1.165) is 0 Å². The van der Waals surface area contributed by atoms with Crippen molar-refractivity contribution in [2.45, 2.75) is 19.1 Å². The van der Waals surface area contributed by atoms with Crippen LogP contribution in [0.1, 0.15) is 17.2 Å². The van der Waals surface area contributed by atoms with Crippen molar-refractivity contribution in [3.63, 3.8) is 0 Å². The van der Waals surface area contributed by atoms with Gasteiger partial charge in [0.1, 0.15) is 11.8 Å². The molecule has 1 aromatic rings. The molecular weight excluding hydrogens is 243 g/mol. The van der Waals surface area contributed by atoms with Crippen molar-refractivity contribution in [1.29, 1.82) is 0 Å². The molecule has 6 heteroatoms. The molecule has 1 aromatic carbocycles. The molecule has 2 N–H and O–H groups in total. The molecule has 0 heterocycles. The Balaban J connectivity index is 0.00000225. The predicted molar refractivity (Wildman–Crippen MR) is 58.0 cm³/mol. The number of halogens is 4. The van der Waals surface area contributed by atoms with Crippen LogP contribution in [0.4, 0.5) is 13.2 Å². The lowest BCUT2D eigenvalue weighted by atomic mass is 10.0. The Kier molecular flexibility index (Phi) is 5.09. The van der Waals surface area contributed by atoms with E-state index < -0.39 is 12.2 Å². The minimum absolute atomic E-state index is 0. The third-order valence-electron chi connectivity index (χ3n) is 2.13. The monoisotopic (exact) mass is 255 g/mol. The highest BCUT2D eigenvalue weighted by atomic mass is 35.5. The van der Waals surface area contributed by atoms with Crippen LogP contribution in [0.2, 0.25) is 0 Å². The van der Waals surface area contributed by atoms with Gasteiger partial charge in [-0.1, -0.05) is 12.1 Å². The summed E-state index contributed by atoms with van der Waals surface area (Å²) in [5, 5.41) is 0. The fourth-order valence-corrected chi connectivity index (χ4v) is 1.28. The SMILES string of the molecule is COc1ccc([C@@H](N)C(F)(F)F)cc1C.Cl. The third-order valence-corrected chi connectivity index (χ3v) is 2.13. The van der Waals surface area contributed by atoms with Crippen LogP contribution in [0.25, 0.3) is 0 Å². The van der Waals surface area contributed by atoms with Gasteiger partial charge in [0.15, 0.2) is 0 Å². The number of aryl methyl sites for hydroxylation is 1. The average molecular weight is 256 g/mol. The van der Waals surface area contributed by atoms with Crippen LogP contribution >= 0.6 is 12.4 Å². The number of alkyl halides is 3. The number of hydrogen-bond acceptors (Lipinski definition) is 2. The molecule has 0 aromatic heterocycles. The molecule has 0 aliphatic carbocycles. The molecule has 0 spiro atoms. The van der Waals surface area contributed by atoms with Gasteiger partial charge in [0.25, 0.3) is 0 Å². The first kappa shape index (κ1) is 15.1. The first-order chi connectivity index (χ1) is 6.86. The topological polar surface area (TPSA) is 35.2 Å². The van der Waals surface area contributed by atoms with E-state index in [1.54, 1.807) is 6.92 Å². The van der Waals surface area contributed by atoms with E-state index in [2.05, 4.69) is 0 Å². The summed E-state index contributed by atoms with van der Waals surface area (Å²) in [4.78, 5) is 0. The maximum atomic E-state index is 12.3. The second-order valence-corrected chi connectivity index (χ2v) is 3.25. The van der Waals surface area contributed by atoms with Gasteiger partial charge in [-0.25, -0.2) is 0 Å². The van der Waals surface area contributed by atoms with Crippen molar-refractivity contribution >= 4 is 12.4 Å². The van der Waals surface area contributed by atoms with Crippen molar-refractivity contribution < 1.29 is 17.9 Å². The summed E-state index contributed by atoms with van der Waals surface area (Å²) in [6.07, 6.45) is -4.42. The lowest BCUT2D eigenvalue weighted by Crippen LogP contribution is -2.28. The predicted octanol–water partition coefficient (Wildman–Crippen LogP) is 2.99. The van der Waals surface area contributed by atoms with Crippen LogP contribution in [-0.4, -0.2) is 13.3 Å². The molecule has 2 nitrogen and oxygen atoms in total. The van der Waals surface area contributed by atoms with Gasteiger partial charge in [0.2, 0.25) is 0 Å². The zero-order chi connectivity index (χ0) is 11.6. The summed E-state index contributed by atoms with van der Waals surface area (Å²) < 4.78 is 41.8. The van der Waals surface area contributed by atoms with Crippen LogP contribution in [0.15, 0.2) is 18.2 Å². The van der Waals surface area contributed by atoms with Crippen LogP contribution in [0.3, 0.4) is 0 Å². The lowest BCUT2D eigenvalue weighted by Gasteiger charge is -2.17. The van der Waals surface area contributed by atoms with Gasteiger partial charge in [-0.3, -0.25) is 0 Å². The number of nitrogens with two attached hydrogens (primary N) is 1. The zero-order valence-corrected chi connectivity index (χ0v) is 9.65. The Morgan fingerprint density at radius 2 is 1.88 bits per heavy atom. The summed E-state index contributed by atoms with van der Waals surface area (Å²) in [6.45, 7) is 1.67. The standard InChI is InChI=1S/C10H12F3NO.ClH/c1-6-5-7(3-4-8(6)15-2)9(14)10(11,12)13;/h3-5,9H,14H2,1-2H3;1H/t9-;/m1./s1. The molecule has 0 unspecified atom stereocenters. The van der Waals surface area contributed by atoms with Gasteiger partial charge < -0.3 is 10.5 Å². The highest BCUT2D eigenvalue weighted by Crippen LogP contribution is 2.32. The van der Waals surface area contributed by atoms with Gasteiger partial charge in [-0.05, 0) is 24.1 Å². The summed E-state index contributed by atoms with van der Waals surface area (Å²) >= 11 is 0. The van der Waals surface area contributed by atoms with E-state index in [4.69, 9.17) is 10.5 Å². The van der Waals surface area contributed by atoms with E-state index in [-0.39, 0.29) is 18.0 Å². The molecule has 0 saturated heterocycles. The molecule has 92 valence electrons. The van der Waals surface area contributed by atoms with Crippen molar-refractivity contribution in [1.82, 2.24) is 0 Å². The summed E-state index contributed by atoms with van der Waals surface area (Å²) in [6, 6.07) is 2.25. The first-order valence-corrected chi connectivity index (χ1v) is 4.33. The summed E-state index contributed by atoms with van der Waals surface area (Å²) in [5.74, 6) is 0.549. The van der Waals surface area contributed by atoms with Crippen LogP contribution in [0, 0.1) is 6.92 Å². The van der Waals surface area contributed by atoms with Crippen molar-refractivity contribution in [2.75, 3.05) is 7.11 Å². The summed E-state index contributed by atoms with van der Waals surface area (Å²) in [7, 11) is 1.46. The normalized spacial score (nSPS) is 12.9. The fourth-order valence-electron chi connectivity index (χ4n) is 1.28. The second-order valence-electron chi connectivity index (χ2n) is 3.25. The van der Waals surface area contributed by atoms with Crippen molar-refractivity contribution in [3.8, 4) is 5.75 Å². The fraction of sp³-hybridized carbons (Fsp3) is 0.400. The zero-order valence-electron chi connectivity index (χ0n) is 8.84. The Hall–Kier alpha value is -0.940. The molecular formula is C10H13ClF3NO. The Labute approximate surface area is 98.0 Å². The van der Waals surface area contributed by atoms with Gasteiger partial charge in [0, 0.05) is 0 Å². The number of ether oxygens (including phenoxy) is 1. The average Bonchev–Trinajstić information content (AvgIpc) is 2.15. The quantitative estimate of drug-likeness (QED) is 0.882. The number of rotatable bonds is 2. The number of benzene rings is 1. The largest absolute Gasteiger partial charge is 0.496 e. The number of hydrogen-bond donors (Lipinski definition) is 1. The van der Waals surface area contributed by atoms with Gasteiger partial charge >= 0.3 is 6.18 Å².